The Kier molecular flexibility index (Phi) is 2.13. The fourth-order valence-corrected chi connectivity index (χ4v) is 2.40. The van der Waals surface area contributed by atoms with Crippen molar-refractivity contribution < 1.29 is 4.79 Å². The fourth-order valence-electron chi connectivity index (χ4n) is 2.40. The van der Waals surface area contributed by atoms with Gasteiger partial charge in [-0.25, -0.2) is 0 Å². The molecule has 0 aromatic rings. The molecule has 1 aliphatic carbocycles. The van der Waals surface area contributed by atoms with E-state index in [2.05, 4.69) is 32.5 Å². The molecule has 0 radical (unpaired) electrons. The standard InChI is InChI=1S/C10H18N2/c1-9(2)6-5-7-10(3,4)8(9)12-11/h5-7H2,1-4H3. The van der Waals surface area contributed by atoms with Gasteiger partial charge in [0.15, 0.2) is 0 Å². The number of nitrogens with zero attached hydrogens (tertiary/aromatic N) is 2. The molecule has 0 atom stereocenters. The maximum Gasteiger partial charge on any atom is 0.279 e. The molecular weight excluding hydrogens is 148 g/mol. The Bertz CT molecular complexity index is 214. The van der Waals surface area contributed by atoms with Gasteiger partial charge in [0, 0.05) is 0 Å². The molecule has 68 valence electrons. The molecule has 0 N–H and O–H groups in total. The molecular formula is C10H18N2. The van der Waals surface area contributed by atoms with E-state index < -0.39 is 0 Å². The van der Waals surface area contributed by atoms with Crippen LogP contribution in [0.1, 0.15) is 47.0 Å². The minimum atomic E-state index is 0.0799. The highest BCUT2D eigenvalue weighted by atomic mass is 14.9. The Balaban J connectivity index is 3.06. The van der Waals surface area contributed by atoms with Crippen LogP contribution in [0.5, 0.6) is 0 Å². The Hall–Kier alpha value is -0.620. The van der Waals surface area contributed by atoms with E-state index in [9.17, 15) is 0 Å². The highest BCUT2D eigenvalue weighted by molar-refractivity contribution is 5.90. The van der Waals surface area contributed by atoms with Crippen LogP contribution >= 0.6 is 0 Å². The predicted molar refractivity (Wildman–Crippen MR) is 50.0 cm³/mol. The quantitative estimate of drug-likeness (QED) is 0.392. The number of hydrogen-bond acceptors (Lipinski definition) is 0. The molecule has 1 aliphatic rings. The van der Waals surface area contributed by atoms with Gasteiger partial charge in [-0.05, 0) is 40.5 Å². The minimum absolute atomic E-state index is 0.0799. The van der Waals surface area contributed by atoms with Crippen molar-refractivity contribution in [1.82, 2.24) is 0 Å². The van der Waals surface area contributed by atoms with E-state index in [4.69, 9.17) is 5.53 Å². The van der Waals surface area contributed by atoms with Crippen LogP contribution in [0, 0.1) is 10.8 Å². The maximum absolute atomic E-state index is 8.95. The highest BCUT2D eigenvalue weighted by Gasteiger charge is 2.47. The van der Waals surface area contributed by atoms with Gasteiger partial charge in [-0.2, -0.15) is 4.79 Å². The summed E-state index contributed by atoms with van der Waals surface area (Å²) in [5.41, 5.74) is 10.1. The summed E-state index contributed by atoms with van der Waals surface area (Å²) in [5.74, 6) is 0. The summed E-state index contributed by atoms with van der Waals surface area (Å²) in [6.45, 7) is 8.62. The molecule has 0 aliphatic heterocycles. The molecule has 0 amide bonds. The van der Waals surface area contributed by atoms with E-state index in [0.29, 0.717) is 0 Å². The first kappa shape index (κ1) is 9.47. The Morgan fingerprint density at radius 3 is 1.75 bits per heavy atom. The molecule has 2 heteroatoms. The molecule has 0 aromatic carbocycles. The maximum atomic E-state index is 8.95. The monoisotopic (exact) mass is 166 g/mol. The fraction of sp³-hybridized carbons (Fsp3) is 0.900. The Morgan fingerprint density at radius 2 is 1.50 bits per heavy atom. The zero-order valence-corrected chi connectivity index (χ0v) is 8.52. The largest absolute Gasteiger partial charge is 0.362 e. The van der Waals surface area contributed by atoms with Crippen molar-refractivity contribution in [2.24, 2.45) is 10.8 Å². The van der Waals surface area contributed by atoms with Crippen molar-refractivity contribution in [3.05, 3.63) is 5.53 Å². The summed E-state index contributed by atoms with van der Waals surface area (Å²) >= 11 is 0. The summed E-state index contributed by atoms with van der Waals surface area (Å²) in [5, 5.41) is 0. The Labute approximate surface area is 74.6 Å². The van der Waals surface area contributed by atoms with E-state index in [1.807, 2.05) is 0 Å². The van der Waals surface area contributed by atoms with Gasteiger partial charge in [-0.15, -0.1) is 0 Å². The van der Waals surface area contributed by atoms with Crippen molar-refractivity contribution in [3.8, 4) is 0 Å². The third kappa shape index (κ3) is 1.44. The van der Waals surface area contributed by atoms with Crippen LogP contribution in [-0.4, -0.2) is 10.5 Å². The summed E-state index contributed by atoms with van der Waals surface area (Å²) < 4.78 is 0. The van der Waals surface area contributed by atoms with Gasteiger partial charge in [0.1, 0.15) is 0 Å². The number of hydrogen-bond donors (Lipinski definition) is 0. The lowest BCUT2D eigenvalue weighted by molar-refractivity contribution is -0.0399. The molecule has 0 bridgehead atoms. The number of rotatable bonds is 0. The van der Waals surface area contributed by atoms with Crippen LogP contribution in [0.2, 0.25) is 0 Å². The molecule has 0 aromatic heterocycles. The van der Waals surface area contributed by atoms with E-state index in [0.717, 1.165) is 18.6 Å². The molecule has 1 saturated carbocycles. The van der Waals surface area contributed by atoms with Crippen molar-refractivity contribution in [3.63, 3.8) is 0 Å². The van der Waals surface area contributed by atoms with Crippen LogP contribution in [0.4, 0.5) is 0 Å². The van der Waals surface area contributed by atoms with Crippen molar-refractivity contribution in [2.75, 3.05) is 0 Å². The van der Waals surface area contributed by atoms with Crippen LogP contribution in [-0.2, 0) is 0 Å². The van der Waals surface area contributed by atoms with Gasteiger partial charge in [0.2, 0.25) is 0 Å². The van der Waals surface area contributed by atoms with Crippen LogP contribution < -0.4 is 0 Å². The average Bonchev–Trinajstić information content (AvgIpc) is 1.83. The van der Waals surface area contributed by atoms with E-state index in [1.165, 1.54) is 6.42 Å². The first-order valence-electron chi connectivity index (χ1n) is 4.63. The minimum Gasteiger partial charge on any atom is -0.362 e. The SMILES string of the molecule is CC1(C)CCCC(C)(C)C1=[N+]=[N-]. The average molecular weight is 166 g/mol. The van der Waals surface area contributed by atoms with Gasteiger partial charge in [-0.3, -0.25) is 0 Å². The predicted octanol–water partition coefficient (Wildman–Crippen LogP) is 2.89. The van der Waals surface area contributed by atoms with Gasteiger partial charge in [0.25, 0.3) is 5.71 Å². The van der Waals surface area contributed by atoms with Gasteiger partial charge in [-0.1, -0.05) is 6.42 Å². The van der Waals surface area contributed by atoms with E-state index >= 15 is 0 Å². The zero-order chi connectivity index (χ0) is 9.41. The first-order valence-corrected chi connectivity index (χ1v) is 4.63. The first-order chi connectivity index (χ1) is 5.40. The molecule has 0 heterocycles. The lowest BCUT2D eigenvalue weighted by Crippen LogP contribution is -2.41. The van der Waals surface area contributed by atoms with Crippen molar-refractivity contribution in [2.45, 2.75) is 47.0 Å². The van der Waals surface area contributed by atoms with E-state index in [1.54, 1.807) is 0 Å². The Morgan fingerprint density at radius 1 is 1.08 bits per heavy atom. The van der Waals surface area contributed by atoms with Crippen LogP contribution in [0.3, 0.4) is 0 Å². The normalized spacial score (nSPS) is 26.5. The smallest absolute Gasteiger partial charge is 0.279 e. The molecule has 12 heavy (non-hydrogen) atoms. The molecule has 0 saturated heterocycles. The lowest BCUT2D eigenvalue weighted by Gasteiger charge is -2.35. The van der Waals surface area contributed by atoms with E-state index in [-0.39, 0.29) is 10.8 Å². The van der Waals surface area contributed by atoms with Crippen LogP contribution in [0.15, 0.2) is 0 Å². The van der Waals surface area contributed by atoms with Gasteiger partial charge in [0.05, 0.1) is 10.8 Å². The summed E-state index contributed by atoms with van der Waals surface area (Å²) in [6.07, 6.45) is 3.50. The third-order valence-electron chi connectivity index (χ3n) is 2.99. The second-order valence-electron chi connectivity index (χ2n) is 5.07. The molecule has 1 rings (SSSR count). The second kappa shape index (κ2) is 2.70. The topological polar surface area (TPSA) is 36.4 Å². The van der Waals surface area contributed by atoms with Gasteiger partial charge >= 0.3 is 0 Å². The molecule has 0 spiro atoms. The summed E-state index contributed by atoms with van der Waals surface area (Å²) in [6, 6.07) is 0. The second-order valence-corrected chi connectivity index (χ2v) is 5.07. The third-order valence-corrected chi connectivity index (χ3v) is 2.99. The molecule has 1 fully saturated rings. The van der Waals surface area contributed by atoms with Gasteiger partial charge < -0.3 is 5.53 Å². The lowest BCUT2D eigenvalue weighted by atomic mass is 9.64. The zero-order valence-electron chi connectivity index (χ0n) is 8.52. The van der Waals surface area contributed by atoms with Crippen molar-refractivity contribution >= 4 is 5.71 Å². The summed E-state index contributed by atoms with van der Waals surface area (Å²) in [4.78, 5) is 3.47. The molecule has 0 unspecified atom stereocenters. The van der Waals surface area contributed by atoms with Crippen molar-refractivity contribution in [1.29, 1.82) is 0 Å². The summed E-state index contributed by atoms with van der Waals surface area (Å²) in [7, 11) is 0. The highest BCUT2D eigenvalue weighted by Crippen LogP contribution is 2.42. The molecule has 2 nitrogen and oxygen atoms in total. The van der Waals surface area contributed by atoms with Crippen LogP contribution in [0.25, 0.3) is 5.53 Å².